The number of aliphatic hydroxyl groups excluding tert-OH is 1. The van der Waals surface area contributed by atoms with Gasteiger partial charge in [0.2, 0.25) is 0 Å². The minimum Gasteiger partial charge on any atom is -0.480 e. The predicted molar refractivity (Wildman–Crippen MR) is 85.3 cm³/mol. The monoisotopic (exact) mass is 335 g/mol. The van der Waals surface area contributed by atoms with E-state index in [0.717, 1.165) is 44.5 Å². The summed E-state index contributed by atoms with van der Waals surface area (Å²) in [4.78, 5) is 14.0. The molecule has 0 radical (unpaired) electrons. The fourth-order valence-electron chi connectivity index (χ4n) is 4.81. The summed E-state index contributed by atoms with van der Waals surface area (Å²) in [6.07, 6.45) is 7.12. The van der Waals surface area contributed by atoms with Gasteiger partial charge < -0.3 is 14.9 Å². The highest BCUT2D eigenvalue weighted by Crippen LogP contribution is 2.51. The molecule has 1 unspecified atom stereocenters. The van der Waals surface area contributed by atoms with Crippen molar-refractivity contribution in [2.75, 3.05) is 19.8 Å². The standard InChI is InChI=1S/C17H25N3O4/c21-11-12-10-17(16(22)23)6-3-7-19(17)15(12)13-5-8-20(18-13)14-4-1-2-9-24-14/h5,8,12,14-15,21H,1-4,6-7,9-11H2,(H,22,23)/t12-,14?,15-,17-/m0/s1. The van der Waals surface area contributed by atoms with Gasteiger partial charge in [-0.1, -0.05) is 0 Å². The summed E-state index contributed by atoms with van der Waals surface area (Å²) < 4.78 is 7.64. The van der Waals surface area contributed by atoms with Crippen molar-refractivity contribution in [2.45, 2.75) is 56.3 Å². The van der Waals surface area contributed by atoms with Crippen molar-refractivity contribution in [3.8, 4) is 0 Å². The lowest BCUT2D eigenvalue weighted by Crippen LogP contribution is -2.46. The molecule has 1 aromatic heterocycles. The number of carboxylic acids is 1. The topological polar surface area (TPSA) is 87.8 Å². The van der Waals surface area contributed by atoms with Gasteiger partial charge >= 0.3 is 5.97 Å². The van der Waals surface area contributed by atoms with Crippen LogP contribution in [-0.4, -0.2) is 56.2 Å². The van der Waals surface area contributed by atoms with Gasteiger partial charge in [-0.2, -0.15) is 5.10 Å². The summed E-state index contributed by atoms with van der Waals surface area (Å²) in [6, 6.07) is 1.83. The Bertz CT molecular complexity index is 613. The number of aliphatic hydroxyl groups is 1. The molecule has 0 bridgehead atoms. The molecule has 24 heavy (non-hydrogen) atoms. The normalized spacial score (nSPS) is 36.8. The van der Waals surface area contributed by atoms with Crippen LogP contribution in [-0.2, 0) is 9.53 Å². The van der Waals surface area contributed by atoms with E-state index in [4.69, 9.17) is 9.84 Å². The highest BCUT2D eigenvalue weighted by atomic mass is 16.5. The first-order chi connectivity index (χ1) is 11.7. The Kier molecular flexibility index (Phi) is 4.10. The van der Waals surface area contributed by atoms with Gasteiger partial charge in [0, 0.05) is 31.9 Å². The lowest BCUT2D eigenvalue weighted by molar-refractivity contribution is -0.148. The second-order valence-electron chi connectivity index (χ2n) is 7.27. The van der Waals surface area contributed by atoms with Gasteiger partial charge in [0.25, 0.3) is 0 Å². The third kappa shape index (κ3) is 2.37. The largest absolute Gasteiger partial charge is 0.480 e. The molecule has 0 saturated carbocycles. The number of fused-ring (bicyclic) bond motifs is 1. The average molecular weight is 335 g/mol. The molecule has 0 amide bonds. The molecular formula is C17H25N3O4. The van der Waals surface area contributed by atoms with Crippen LogP contribution in [0.25, 0.3) is 0 Å². The van der Waals surface area contributed by atoms with E-state index in [1.807, 2.05) is 16.9 Å². The summed E-state index contributed by atoms with van der Waals surface area (Å²) in [5.41, 5.74) is 0.0247. The maximum absolute atomic E-state index is 11.9. The van der Waals surface area contributed by atoms with Crippen LogP contribution in [0.4, 0.5) is 0 Å². The van der Waals surface area contributed by atoms with Crippen LogP contribution in [0, 0.1) is 5.92 Å². The third-order valence-electron chi connectivity index (χ3n) is 5.94. The first kappa shape index (κ1) is 16.1. The molecule has 4 atom stereocenters. The maximum atomic E-state index is 11.9. The Labute approximate surface area is 141 Å². The van der Waals surface area contributed by atoms with Gasteiger partial charge in [-0.05, 0) is 44.6 Å². The van der Waals surface area contributed by atoms with Gasteiger partial charge in [0.1, 0.15) is 11.8 Å². The van der Waals surface area contributed by atoms with Crippen molar-refractivity contribution in [1.82, 2.24) is 14.7 Å². The molecule has 1 aromatic rings. The van der Waals surface area contributed by atoms with Gasteiger partial charge in [0.15, 0.2) is 0 Å². The lowest BCUT2D eigenvalue weighted by Gasteiger charge is -2.30. The van der Waals surface area contributed by atoms with E-state index >= 15 is 0 Å². The van der Waals surface area contributed by atoms with Crippen LogP contribution in [0.1, 0.15) is 56.5 Å². The predicted octanol–water partition coefficient (Wildman–Crippen LogP) is 1.55. The fraction of sp³-hybridized carbons (Fsp3) is 0.765. The fourth-order valence-corrected chi connectivity index (χ4v) is 4.81. The molecule has 0 aromatic carbocycles. The molecule has 132 valence electrons. The van der Waals surface area contributed by atoms with Gasteiger partial charge in [0.05, 0.1) is 11.7 Å². The Hall–Kier alpha value is -1.44. The van der Waals surface area contributed by atoms with E-state index in [1.54, 1.807) is 0 Å². The number of carbonyl (C=O) groups is 1. The molecule has 7 heteroatoms. The molecule has 3 saturated heterocycles. The molecule has 4 heterocycles. The first-order valence-electron chi connectivity index (χ1n) is 8.93. The van der Waals surface area contributed by atoms with E-state index in [1.165, 1.54) is 0 Å². The van der Waals surface area contributed by atoms with Gasteiger partial charge in [-0.15, -0.1) is 0 Å². The Morgan fingerprint density at radius 2 is 2.29 bits per heavy atom. The van der Waals surface area contributed by atoms with Crippen LogP contribution in [0.15, 0.2) is 12.3 Å². The van der Waals surface area contributed by atoms with E-state index < -0.39 is 11.5 Å². The van der Waals surface area contributed by atoms with E-state index in [-0.39, 0.29) is 24.8 Å². The van der Waals surface area contributed by atoms with Crippen LogP contribution < -0.4 is 0 Å². The number of aliphatic carboxylic acids is 1. The molecule has 3 fully saturated rings. The third-order valence-corrected chi connectivity index (χ3v) is 5.94. The lowest BCUT2D eigenvalue weighted by atomic mass is 9.88. The zero-order valence-corrected chi connectivity index (χ0v) is 13.8. The van der Waals surface area contributed by atoms with E-state index in [2.05, 4.69) is 4.90 Å². The van der Waals surface area contributed by atoms with E-state index in [9.17, 15) is 15.0 Å². The Morgan fingerprint density at radius 3 is 3.00 bits per heavy atom. The SMILES string of the molecule is O=C(O)[C@@]12CCCN1[C@H](c1ccn(C3CCCCO3)n1)[C@H](CO)C2. The molecule has 0 spiro atoms. The highest BCUT2D eigenvalue weighted by Gasteiger charge is 2.59. The second kappa shape index (κ2) is 6.13. The number of rotatable bonds is 4. The first-order valence-corrected chi connectivity index (χ1v) is 8.93. The van der Waals surface area contributed by atoms with E-state index in [0.29, 0.717) is 12.8 Å². The quantitative estimate of drug-likeness (QED) is 0.868. The zero-order chi connectivity index (χ0) is 16.7. The van der Waals surface area contributed by atoms with Crippen LogP contribution in [0.2, 0.25) is 0 Å². The molecule has 7 nitrogen and oxygen atoms in total. The number of hydrogen-bond donors (Lipinski definition) is 2. The Morgan fingerprint density at radius 1 is 1.42 bits per heavy atom. The van der Waals surface area contributed by atoms with Crippen molar-refractivity contribution in [2.24, 2.45) is 5.92 Å². The summed E-state index contributed by atoms with van der Waals surface area (Å²) in [6.45, 7) is 1.50. The van der Waals surface area contributed by atoms with Crippen molar-refractivity contribution in [3.05, 3.63) is 18.0 Å². The number of hydrogen-bond acceptors (Lipinski definition) is 5. The van der Waals surface area contributed by atoms with Crippen LogP contribution in [0.5, 0.6) is 0 Å². The number of carboxylic acid groups (broad SMARTS) is 1. The van der Waals surface area contributed by atoms with Crippen molar-refractivity contribution in [1.29, 1.82) is 0 Å². The maximum Gasteiger partial charge on any atom is 0.324 e. The number of aromatic nitrogens is 2. The smallest absolute Gasteiger partial charge is 0.324 e. The molecular weight excluding hydrogens is 310 g/mol. The molecule has 3 aliphatic rings. The molecule has 3 aliphatic heterocycles. The summed E-state index contributed by atoms with van der Waals surface area (Å²) in [5, 5.41) is 24.3. The summed E-state index contributed by atoms with van der Waals surface area (Å²) in [7, 11) is 0. The van der Waals surface area contributed by atoms with Gasteiger partial charge in [-0.3, -0.25) is 9.69 Å². The summed E-state index contributed by atoms with van der Waals surface area (Å²) >= 11 is 0. The second-order valence-corrected chi connectivity index (χ2v) is 7.27. The Balaban J connectivity index is 1.62. The zero-order valence-electron chi connectivity index (χ0n) is 13.8. The van der Waals surface area contributed by atoms with Crippen molar-refractivity contribution < 1.29 is 19.7 Å². The average Bonchev–Trinajstić information content (AvgIpc) is 3.28. The molecule has 4 rings (SSSR count). The number of ether oxygens (including phenoxy) is 1. The number of nitrogens with zero attached hydrogens (tertiary/aromatic N) is 3. The minimum absolute atomic E-state index is 0.0109. The summed E-state index contributed by atoms with van der Waals surface area (Å²) in [5.74, 6) is -0.854. The molecule has 2 N–H and O–H groups in total. The minimum atomic E-state index is -0.830. The molecule has 0 aliphatic carbocycles. The van der Waals surface area contributed by atoms with Crippen LogP contribution >= 0.6 is 0 Å². The van der Waals surface area contributed by atoms with Crippen LogP contribution in [0.3, 0.4) is 0 Å². The van der Waals surface area contributed by atoms with Crippen molar-refractivity contribution >= 4 is 5.97 Å². The highest BCUT2D eigenvalue weighted by molar-refractivity contribution is 5.80. The van der Waals surface area contributed by atoms with Crippen molar-refractivity contribution in [3.63, 3.8) is 0 Å². The van der Waals surface area contributed by atoms with Gasteiger partial charge in [-0.25, -0.2) is 4.68 Å².